The number of carbonyl (C=O) groups excluding carboxylic acids is 3. The van der Waals surface area contributed by atoms with E-state index in [1.54, 1.807) is 62.4 Å². The number of hydrogen-bond acceptors (Lipinski definition) is 11. The van der Waals surface area contributed by atoms with Crippen molar-refractivity contribution >= 4 is 63.9 Å². The van der Waals surface area contributed by atoms with Crippen molar-refractivity contribution in [3.63, 3.8) is 0 Å². The molecule has 15 nitrogen and oxygen atoms in total. The van der Waals surface area contributed by atoms with E-state index in [0.29, 0.717) is 60.0 Å². The number of nitrogens with zero attached hydrogens (tertiary/aromatic N) is 4. The molecule has 0 amide bonds. The number of nitrogens with one attached hydrogen (secondary N) is 2. The monoisotopic (exact) mass is 958 g/mol. The highest BCUT2D eigenvalue weighted by Gasteiger charge is 2.59. The normalized spacial score (nSPS) is 20.2. The number of amidine groups is 2. The standard InChI is InChI=1S/C53H62N8O7.ClH/c1-5-65-47(62)29-52(25-9-7-11-39(52)35-17-23-43-41(27-35)58-45(60(43)3)31-67-37-19-13-33(14-20-37)49(54)55)51(64)53(30-48(63)66-6-2)26-10-8-12-40(53)36-18-24-44-42(28-36)59-46(61(44)4)32-68-38-21-15-34(16-22-38)50(56)57;/h13-24,27-28,39-40H,5-12,25-26,29-32H2,1-4H3,(H3,54,55)(H3,56,57);1H. The number of ether oxygens (including phenoxy) is 4. The molecular weight excluding hydrogens is 896 g/mol. The van der Waals surface area contributed by atoms with Crippen LogP contribution >= 0.6 is 12.4 Å². The molecule has 0 spiro atoms. The van der Waals surface area contributed by atoms with Gasteiger partial charge in [-0.2, -0.15) is 0 Å². The number of halogens is 1. The van der Waals surface area contributed by atoms with Crippen LogP contribution in [0.5, 0.6) is 11.5 Å². The van der Waals surface area contributed by atoms with Crippen molar-refractivity contribution in [3.8, 4) is 11.5 Å². The number of imidazole rings is 2. The molecule has 364 valence electrons. The summed E-state index contributed by atoms with van der Waals surface area (Å²) in [6, 6.07) is 26.4. The lowest BCUT2D eigenvalue weighted by Gasteiger charge is -2.52. The maximum Gasteiger partial charge on any atom is 0.306 e. The number of aryl methyl sites for hydroxylation is 2. The minimum atomic E-state index is -1.19. The Morgan fingerprint density at radius 1 is 0.623 bits per heavy atom. The van der Waals surface area contributed by atoms with Gasteiger partial charge in [0.2, 0.25) is 0 Å². The van der Waals surface area contributed by atoms with Gasteiger partial charge >= 0.3 is 11.9 Å². The molecule has 0 bridgehead atoms. The van der Waals surface area contributed by atoms with Crippen molar-refractivity contribution in [3.05, 3.63) is 119 Å². The number of nitrogen functional groups attached to an aromatic ring is 2. The second-order valence-electron chi connectivity index (χ2n) is 18.3. The van der Waals surface area contributed by atoms with Crippen molar-refractivity contribution in [2.45, 2.75) is 103 Å². The number of benzene rings is 4. The first-order valence-corrected chi connectivity index (χ1v) is 23.7. The molecule has 16 heteroatoms. The number of nitrogens with two attached hydrogens (primary N) is 2. The lowest BCUT2D eigenvalue weighted by molar-refractivity contribution is -0.162. The Balaban J connectivity index is 0.00000703. The third kappa shape index (κ3) is 10.2. The highest BCUT2D eigenvalue weighted by Crippen LogP contribution is 2.60. The molecule has 8 rings (SSSR count). The quantitative estimate of drug-likeness (QED) is 0.0361. The molecule has 6 N–H and O–H groups in total. The van der Waals surface area contributed by atoms with Crippen LogP contribution in [0.3, 0.4) is 0 Å². The van der Waals surface area contributed by atoms with Crippen LogP contribution in [0.25, 0.3) is 22.1 Å². The first-order valence-electron chi connectivity index (χ1n) is 23.7. The Hall–Kier alpha value is -6.74. The van der Waals surface area contributed by atoms with E-state index in [0.717, 1.165) is 58.9 Å². The molecule has 4 atom stereocenters. The zero-order valence-corrected chi connectivity index (χ0v) is 40.7. The Morgan fingerprint density at radius 2 is 1.01 bits per heavy atom. The number of ketones is 1. The van der Waals surface area contributed by atoms with E-state index in [4.69, 9.17) is 51.2 Å². The summed E-state index contributed by atoms with van der Waals surface area (Å²) in [6.45, 7) is 4.31. The third-order valence-corrected chi connectivity index (χ3v) is 14.4. The number of rotatable bonds is 18. The molecule has 0 radical (unpaired) electrons. The van der Waals surface area contributed by atoms with Gasteiger partial charge in [-0.1, -0.05) is 37.8 Å². The van der Waals surface area contributed by atoms with Crippen LogP contribution in [0.2, 0.25) is 0 Å². The smallest absolute Gasteiger partial charge is 0.306 e. The fourth-order valence-electron chi connectivity index (χ4n) is 11.0. The molecule has 0 saturated heterocycles. The van der Waals surface area contributed by atoms with Crippen LogP contribution in [-0.4, -0.2) is 61.7 Å². The van der Waals surface area contributed by atoms with E-state index >= 15 is 4.79 Å². The van der Waals surface area contributed by atoms with Crippen molar-refractivity contribution in [2.75, 3.05) is 13.2 Å². The second kappa shape index (κ2) is 21.3. The number of carbonyl (C=O) groups is 3. The van der Waals surface area contributed by atoms with Crippen molar-refractivity contribution in [1.29, 1.82) is 10.8 Å². The van der Waals surface area contributed by atoms with Crippen LogP contribution in [0.1, 0.15) is 124 Å². The van der Waals surface area contributed by atoms with Crippen LogP contribution in [0.15, 0.2) is 84.9 Å². The van der Waals surface area contributed by atoms with Gasteiger partial charge in [0.05, 0.1) is 48.1 Å². The summed E-state index contributed by atoms with van der Waals surface area (Å²) >= 11 is 0. The highest BCUT2D eigenvalue weighted by molar-refractivity contribution is 5.98. The van der Waals surface area contributed by atoms with Crippen LogP contribution in [0, 0.1) is 21.6 Å². The van der Waals surface area contributed by atoms with E-state index in [-0.39, 0.29) is 81.0 Å². The first kappa shape index (κ1) is 50.1. The molecule has 2 aliphatic carbocycles. The van der Waals surface area contributed by atoms with Crippen LogP contribution in [-0.2, 0) is 51.2 Å². The van der Waals surface area contributed by atoms with E-state index in [1.165, 1.54) is 0 Å². The molecule has 4 unspecified atom stereocenters. The zero-order chi connectivity index (χ0) is 48.2. The van der Waals surface area contributed by atoms with Gasteiger partial charge in [0.15, 0.2) is 0 Å². The Labute approximate surface area is 408 Å². The van der Waals surface area contributed by atoms with Crippen LogP contribution < -0.4 is 20.9 Å². The SMILES string of the molecule is CCOC(=O)CC1(C(=O)C2(CC(=O)OCC)CCCCC2c2ccc3c(c2)nc(COc2ccc(C(=N)N)cc2)n3C)CCCCC1c1ccc2c(c1)nc(COc1ccc(C(=N)N)cc1)n2C.Cl. The predicted molar refractivity (Wildman–Crippen MR) is 267 cm³/mol. The molecule has 2 aliphatic rings. The molecular formula is C53H63ClN8O7. The van der Waals surface area contributed by atoms with Gasteiger partial charge in [-0.15, -0.1) is 12.4 Å². The number of aromatic nitrogens is 4. The van der Waals surface area contributed by atoms with E-state index < -0.39 is 22.8 Å². The summed E-state index contributed by atoms with van der Waals surface area (Å²) in [6.07, 6.45) is 5.27. The van der Waals surface area contributed by atoms with Gasteiger partial charge in [0, 0.05) is 36.1 Å². The molecule has 2 heterocycles. The third-order valence-electron chi connectivity index (χ3n) is 14.4. The summed E-state index contributed by atoms with van der Waals surface area (Å²) < 4.78 is 27.6. The van der Waals surface area contributed by atoms with Gasteiger partial charge < -0.3 is 39.5 Å². The topological polar surface area (TPSA) is 224 Å². The Kier molecular flexibility index (Phi) is 15.5. The summed E-state index contributed by atoms with van der Waals surface area (Å²) in [4.78, 5) is 54.5. The molecule has 4 aromatic carbocycles. The summed E-state index contributed by atoms with van der Waals surface area (Å²) in [7, 11) is 3.89. The average molecular weight is 960 g/mol. The number of hydrogen-bond donors (Lipinski definition) is 4. The van der Waals surface area contributed by atoms with Gasteiger partial charge in [-0.05, 0) is 135 Å². The molecule has 2 fully saturated rings. The fourth-order valence-corrected chi connectivity index (χ4v) is 11.0. The molecule has 69 heavy (non-hydrogen) atoms. The van der Waals surface area contributed by atoms with Gasteiger partial charge in [-0.25, -0.2) is 9.97 Å². The predicted octanol–water partition coefficient (Wildman–Crippen LogP) is 9.07. The average Bonchev–Trinajstić information content (AvgIpc) is 3.83. The van der Waals surface area contributed by atoms with Crippen molar-refractivity contribution in [2.24, 2.45) is 36.4 Å². The minimum Gasteiger partial charge on any atom is -0.486 e. The summed E-state index contributed by atoms with van der Waals surface area (Å²) in [5, 5.41) is 15.4. The van der Waals surface area contributed by atoms with Gasteiger partial charge in [0.1, 0.15) is 53.8 Å². The van der Waals surface area contributed by atoms with E-state index in [9.17, 15) is 9.59 Å². The zero-order valence-electron chi connectivity index (χ0n) is 39.8. The lowest BCUT2D eigenvalue weighted by Crippen LogP contribution is -2.53. The lowest BCUT2D eigenvalue weighted by atomic mass is 9.49. The first-order chi connectivity index (χ1) is 32.8. The second-order valence-corrected chi connectivity index (χ2v) is 18.3. The maximum atomic E-state index is 16.5. The minimum absolute atomic E-state index is 0. The van der Waals surface area contributed by atoms with Gasteiger partial charge in [0.25, 0.3) is 0 Å². The van der Waals surface area contributed by atoms with E-state index in [1.807, 2.05) is 35.4 Å². The molecule has 6 aromatic rings. The molecule has 2 aromatic heterocycles. The number of esters is 2. The summed E-state index contributed by atoms with van der Waals surface area (Å²) in [5.74, 6) is 0.959. The molecule has 0 aliphatic heterocycles. The van der Waals surface area contributed by atoms with Crippen molar-refractivity contribution in [1.82, 2.24) is 19.1 Å². The summed E-state index contributed by atoms with van der Waals surface area (Å²) in [5.41, 5.74) is 15.2. The van der Waals surface area contributed by atoms with Crippen LogP contribution in [0.4, 0.5) is 0 Å². The van der Waals surface area contributed by atoms with E-state index in [2.05, 4.69) is 24.3 Å². The number of fused-ring (bicyclic) bond motifs is 2. The Bertz CT molecular complexity index is 2670. The largest absolute Gasteiger partial charge is 0.486 e. The fraction of sp³-hybridized carbons (Fsp3) is 0.415. The van der Waals surface area contributed by atoms with Crippen molar-refractivity contribution < 1.29 is 33.3 Å². The maximum absolute atomic E-state index is 16.5. The van der Waals surface area contributed by atoms with Gasteiger partial charge in [-0.3, -0.25) is 25.2 Å². The Morgan fingerprint density at radius 3 is 1.38 bits per heavy atom. The molecule has 2 saturated carbocycles. The number of Topliss-reactive ketones (excluding diaryl/α,β-unsaturated/α-hetero) is 1. The highest BCUT2D eigenvalue weighted by atomic mass is 35.5.